The summed E-state index contributed by atoms with van der Waals surface area (Å²) < 4.78 is 25.3. The summed E-state index contributed by atoms with van der Waals surface area (Å²) in [6, 6.07) is 13.2. The second kappa shape index (κ2) is 5.89. The maximum Gasteiger partial charge on any atom is 0.185 e. The van der Waals surface area contributed by atoms with Gasteiger partial charge < -0.3 is 0 Å². The zero-order valence-electron chi connectivity index (χ0n) is 10.8. The molecule has 0 aromatic heterocycles. The fourth-order valence-electron chi connectivity index (χ4n) is 1.78. The molecule has 20 heavy (non-hydrogen) atoms. The number of carbonyl (C=O) groups is 1. The van der Waals surface area contributed by atoms with E-state index in [1.165, 1.54) is 6.07 Å². The molecule has 0 radical (unpaired) electrons. The number of rotatable bonds is 4. The minimum atomic E-state index is -3.60. The molecule has 5 heteroatoms. The fraction of sp³-hybridized carbons (Fsp3) is 0.133. The lowest BCUT2D eigenvalue weighted by atomic mass is 10.2. The highest BCUT2D eigenvalue weighted by molar-refractivity contribution is 9.10. The van der Waals surface area contributed by atoms with E-state index >= 15 is 0 Å². The van der Waals surface area contributed by atoms with Crippen molar-refractivity contribution < 1.29 is 13.2 Å². The standard InChI is InChI=1S/C15H13BrO3S/c1-11-3-2-4-14(9-11)20(18,19)10-15(17)12-5-7-13(16)8-6-12/h2-9H,10H2,1H3. The molecule has 104 valence electrons. The Kier molecular flexibility index (Phi) is 4.40. The number of hydrogen-bond donors (Lipinski definition) is 0. The molecule has 0 aliphatic rings. The van der Waals surface area contributed by atoms with Gasteiger partial charge in [-0.2, -0.15) is 0 Å². The number of hydrogen-bond acceptors (Lipinski definition) is 3. The number of ketones is 1. The van der Waals surface area contributed by atoms with Gasteiger partial charge in [-0.25, -0.2) is 8.42 Å². The van der Waals surface area contributed by atoms with Crippen LogP contribution in [0.3, 0.4) is 0 Å². The van der Waals surface area contributed by atoms with Crippen molar-refractivity contribution in [3.63, 3.8) is 0 Å². The van der Waals surface area contributed by atoms with Crippen LogP contribution in [0.2, 0.25) is 0 Å². The molecule has 0 heterocycles. The Morgan fingerprint density at radius 3 is 2.35 bits per heavy atom. The van der Waals surface area contributed by atoms with Gasteiger partial charge in [-0.15, -0.1) is 0 Å². The molecular weight excluding hydrogens is 340 g/mol. The van der Waals surface area contributed by atoms with Gasteiger partial charge in [-0.05, 0) is 36.8 Å². The predicted molar refractivity (Wildman–Crippen MR) is 81.7 cm³/mol. The van der Waals surface area contributed by atoms with Gasteiger partial charge in [0.1, 0.15) is 5.75 Å². The van der Waals surface area contributed by atoms with Crippen LogP contribution in [0.1, 0.15) is 15.9 Å². The van der Waals surface area contributed by atoms with Gasteiger partial charge in [-0.1, -0.05) is 40.2 Å². The molecule has 2 aromatic carbocycles. The number of aryl methyl sites for hydroxylation is 1. The second-order valence-corrected chi connectivity index (χ2v) is 7.41. The summed E-state index contributed by atoms with van der Waals surface area (Å²) in [5, 5.41) is 0. The lowest BCUT2D eigenvalue weighted by molar-refractivity contribution is 0.102. The van der Waals surface area contributed by atoms with Crippen LogP contribution in [0, 0.1) is 6.92 Å². The molecule has 0 atom stereocenters. The van der Waals surface area contributed by atoms with E-state index in [1.807, 2.05) is 13.0 Å². The van der Waals surface area contributed by atoms with Crippen LogP contribution in [0.4, 0.5) is 0 Å². The maximum atomic E-state index is 12.2. The third-order valence-electron chi connectivity index (χ3n) is 2.84. The zero-order chi connectivity index (χ0) is 14.8. The van der Waals surface area contributed by atoms with Crippen molar-refractivity contribution in [2.24, 2.45) is 0 Å². The first-order chi connectivity index (χ1) is 9.38. The lowest BCUT2D eigenvalue weighted by Gasteiger charge is -2.05. The summed E-state index contributed by atoms with van der Waals surface area (Å²) >= 11 is 3.27. The van der Waals surface area contributed by atoms with Crippen LogP contribution in [0.15, 0.2) is 57.9 Å². The average molecular weight is 353 g/mol. The summed E-state index contributed by atoms with van der Waals surface area (Å²) in [5.41, 5.74) is 1.24. The molecule has 0 saturated heterocycles. The van der Waals surface area contributed by atoms with E-state index in [4.69, 9.17) is 0 Å². The van der Waals surface area contributed by atoms with E-state index in [1.54, 1.807) is 36.4 Å². The number of Topliss-reactive ketones (excluding diaryl/α,β-unsaturated/α-hetero) is 1. The number of halogens is 1. The monoisotopic (exact) mass is 352 g/mol. The SMILES string of the molecule is Cc1cccc(S(=O)(=O)CC(=O)c2ccc(Br)cc2)c1. The van der Waals surface area contributed by atoms with Crippen molar-refractivity contribution in [1.82, 2.24) is 0 Å². The van der Waals surface area contributed by atoms with Crippen molar-refractivity contribution in [2.45, 2.75) is 11.8 Å². The first-order valence-electron chi connectivity index (χ1n) is 5.97. The van der Waals surface area contributed by atoms with Gasteiger partial charge in [0, 0.05) is 10.0 Å². The predicted octanol–water partition coefficient (Wildman–Crippen LogP) is 3.41. The van der Waals surface area contributed by atoms with Crippen molar-refractivity contribution in [3.05, 3.63) is 64.1 Å². The van der Waals surface area contributed by atoms with Crippen molar-refractivity contribution in [1.29, 1.82) is 0 Å². The van der Waals surface area contributed by atoms with Crippen LogP contribution in [-0.4, -0.2) is 20.0 Å². The molecule has 2 aromatic rings. The molecule has 3 nitrogen and oxygen atoms in total. The van der Waals surface area contributed by atoms with Gasteiger partial charge in [0.15, 0.2) is 15.6 Å². The highest BCUT2D eigenvalue weighted by atomic mass is 79.9. The molecule has 0 amide bonds. The van der Waals surface area contributed by atoms with Crippen LogP contribution >= 0.6 is 15.9 Å². The van der Waals surface area contributed by atoms with Crippen molar-refractivity contribution in [2.75, 3.05) is 5.75 Å². The topological polar surface area (TPSA) is 51.2 Å². The highest BCUT2D eigenvalue weighted by Gasteiger charge is 2.20. The van der Waals surface area contributed by atoms with E-state index < -0.39 is 21.4 Å². The van der Waals surface area contributed by atoms with Gasteiger partial charge in [-0.3, -0.25) is 4.79 Å². The van der Waals surface area contributed by atoms with E-state index in [-0.39, 0.29) is 4.90 Å². The molecule has 0 bridgehead atoms. The fourth-order valence-corrected chi connectivity index (χ4v) is 3.38. The summed E-state index contributed by atoms with van der Waals surface area (Å²) in [4.78, 5) is 12.2. The van der Waals surface area contributed by atoms with Crippen LogP contribution < -0.4 is 0 Å². The Labute approximate surface area is 126 Å². The summed E-state index contributed by atoms with van der Waals surface area (Å²) in [7, 11) is -3.60. The van der Waals surface area contributed by atoms with Crippen LogP contribution in [-0.2, 0) is 9.84 Å². The molecule has 0 N–H and O–H groups in total. The van der Waals surface area contributed by atoms with Gasteiger partial charge >= 0.3 is 0 Å². The molecular formula is C15H13BrO3S. The normalized spacial score (nSPS) is 11.3. The smallest absolute Gasteiger partial charge is 0.185 e. The Morgan fingerprint density at radius 2 is 1.75 bits per heavy atom. The van der Waals surface area contributed by atoms with Crippen LogP contribution in [0.5, 0.6) is 0 Å². The zero-order valence-corrected chi connectivity index (χ0v) is 13.2. The maximum absolute atomic E-state index is 12.2. The van der Waals surface area contributed by atoms with Gasteiger partial charge in [0.25, 0.3) is 0 Å². The van der Waals surface area contributed by atoms with E-state index in [0.717, 1.165) is 10.0 Å². The van der Waals surface area contributed by atoms with E-state index in [2.05, 4.69) is 15.9 Å². The molecule has 0 fully saturated rings. The number of carbonyl (C=O) groups excluding carboxylic acids is 1. The molecule has 0 aliphatic carbocycles. The highest BCUT2D eigenvalue weighted by Crippen LogP contribution is 2.16. The van der Waals surface area contributed by atoms with Crippen molar-refractivity contribution in [3.8, 4) is 0 Å². The average Bonchev–Trinajstić information content (AvgIpc) is 2.39. The Balaban J connectivity index is 2.24. The molecule has 0 unspecified atom stereocenters. The minimum Gasteiger partial charge on any atom is -0.293 e. The Morgan fingerprint density at radius 1 is 1.10 bits per heavy atom. The first kappa shape index (κ1) is 14.9. The summed E-state index contributed by atoms with van der Waals surface area (Å²) in [6.45, 7) is 1.82. The molecule has 2 rings (SSSR count). The quantitative estimate of drug-likeness (QED) is 0.792. The van der Waals surface area contributed by atoms with Gasteiger partial charge in [0.05, 0.1) is 4.90 Å². The molecule has 0 aliphatic heterocycles. The summed E-state index contributed by atoms with van der Waals surface area (Å²) in [5.74, 6) is -0.919. The largest absolute Gasteiger partial charge is 0.293 e. The van der Waals surface area contributed by atoms with Crippen molar-refractivity contribution >= 4 is 31.6 Å². The first-order valence-corrected chi connectivity index (χ1v) is 8.41. The number of sulfone groups is 1. The van der Waals surface area contributed by atoms with E-state index in [9.17, 15) is 13.2 Å². The Hall–Kier alpha value is -1.46. The Bertz CT molecular complexity index is 734. The minimum absolute atomic E-state index is 0.183. The third-order valence-corrected chi connectivity index (χ3v) is 4.98. The lowest BCUT2D eigenvalue weighted by Crippen LogP contribution is -2.16. The molecule has 0 saturated carbocycles. The number of benzene rings is 2. The third kappa shape index (κ3) is 3.55. The second-order valence-electron chi connectivity index (χ2n) is 4.51. The van der Waals surface area contributed by atoms with E-state index in [0.29, 0.717) is 5.56 Å². The van der Waals surface area contributed by atoms with Gasteiger partial charge in [0.2, 0.25) is 0 Å². The summed E-state index contributed by atoms with van der Waals surface area (Å²) in [6.07, 6.45) is 0. The van der Waals surface area contributed by atoms with Crippen LogP contribution in [0.25, 0.3) is 0 Å². The molecule has 0 spiro atoms.